The fourth-order valence-electron chi connectivity index (χ4n) is 6.09. The Morgan fingerprint density at radius 1 is 1.18 bits per heavy atom. The topological polar surface area (TPSA) is 82.5 Å². The average molecular weight is 482 g/mol. The number of carbonyl (C=O) groups is 2. The Bertz CT molecular complexity index is 928. The van der Waals surface area contributed by atoms with E-state index in [1.807, 2.05) is 0 Å². The highest BCUT2D eigenvalue weighted by Crippen LogP contribution is 2.47. The Kier molecular flexibility index (Phi) is 6.95. The Labute approximate surface area is 198 Å². The van der Waals surface area contributed by atoms with E-state index in [0.717, 1.165) is 37.9 Å². The number of nitrogens with zero attached hydrogens (tertiary/aromatic N) is 2. The predicted molar refractivity (Wildman–Crippen MR) is 120 cm³/mol. The van der Waals surface area contributed by atoms with E-state index in [1.165, 1.54) is 0 Å². The third kappa shape index (κ3) is 4.95. The fraction of sp³-hybridized carbons (Fsp3) is 0.720. The molecule has 1 aromatic heterocycles. The first-order valence-electron chi connectivity index (χ1n) is 12.3. The molecule has 0 saturated heterocycles. The molecule has 0 bridgehead atoms. The number of carboxylic acids is 1. The summed E-state index contributed by atoms with van der Waals surface area (Å²) in [5.41, 5.74) is -0.195. The van der Waals surface area contributed by atoms with E-state index >= 15 is 0 Å². The number of halogens is 3. The Morgan fingerprint density at radius 3 is 2.50 bits per heavy atom. The largest absolute Gasteiger partial charge is 0.481 e. The van der Waals surface area contributed by atoms with Gasteiger partial charge in [-0.15, -0.1) is 0 Å². The lowest BCUT2D eigenvalue weighted by Crippen LogP contribution is -2.49. The summed E-state index contributed by atoms with van der Waals surface area (Å²) in [4.78, 5) is 30.8. The molecular weight excluding hydrogens is 447 g/mol. The van der Waals surface area contributed by atoms with Gasteiger partial charge >= 0.3 is 12.1 Å². The van der Waals surface area contributed by atoms with Gasteiger partial charge in [-0.1, -0.05) is 13.8 Å². The van der Waals surface area contributed by atoms with Crippen molar-refractivity contribution in [2.45, 2.75) is 90.0 Å². The van der Waals surface area contributed by atoms with Crippen LogP contribution >= 0.6 is 0 Å². The van der Waals surface area contributed by atoms with Crippen LogP contribution in [0.25, 0.3) is 0 Å². The minimum absolute atomic E-state index is 0.0319. The van der Waals surface area contributed by atoms with Gasteiger partial charge in [0.1, 0.15) is 0 Å². The summed E-state index contributed by atoms with van der Waals surface area (Å²) in [5.74, 6) is -0.836. The third-order valence-corrected chi connectivity index (χ3v) is 8.28. The molecular formula is C25H34F3N3O3. The molecule has 1 aromatic rings. The van der Waals surface area contributed by atoms with Crippen LogP contribution in [0.5, 0.6) is 0 Å². The van der Waals surface area contributed by atoms with Crippen molar-refractivity contribution in [3.8, 4) is 0 Å². The lowest BCUT2D eigenvalue weighted by atomic mass is 9.73. The van der Waals surface area contributed by atoms with Crippen molar-refractivity contribution in [3.63, 3.8) is 0 Å². The van der Waals surface area contributed by atoms with E-state index in [4.69, 9.17) is 0 Å². The lowest BCUT2D eigenvalue weighted by Gasteiger charge is -2.40. The van der Waals surface area contributed by atoms with Gasteiger partial charge in [0, 0.05) is 43.5 Å². The molecule has 0 aromatic carbocycles. The number of hydrogen-bond acceptors (Lipinski definition) is 4. The van der Waals surface area contributed by atoms with Crippen molar-refractivity contribution in [3.05, 3.63) is 29.1 Å². The molecule has 2 N–H and O–H groups in total. The molecule has 3 aliphatic rings. The van der Waals surface area contributed by atoms with Crippen molar-refractivity contribution in [2.75, 3.05) is 6.54 Å². The van der Waals surface area contributed by atoms with E-state index in [-0.39, 0.29) is 36.4 Å². The molecule has 2 saturated carbocycles. The van der Waals surface area contributed by atoms with Crippen molar-refractivity contribution in [1.82, 2.24) is 15.2 Å². The molecule has 0 unspecified atom stereocenters. The number of carbonyl (C=O) groups excluding carboxylic acids is 1. The second kappa shape index (κ2) is 9.47. The predicted octanol–water partition coefficient (Wildman–Crippen LogP) is 4.41. The van der Waals surface area contributed by atoms with Gasteiger partial charge in [0.05, 0.1) is 16.9 Å². The second-order valence-electron chi connectivity index (χ2n) is 10.6. The van der Waals surface area contributed by atoms with E-state index < -0.39 is 23.1 Å². The Hall–Kier alpha value is -2.16. The van der Waals surface area contributed by atoms with Crippen LogP contribution in [-0.2, 0) is 28.7 Å². The molecule has 0 spiro atoms. The van der Waals surface area contributed by atoms with Crippen LogP contribution in [0.15, 0.2) is 12.3 Å². The van der Waals surface area contributed by atoms with Crippen LogP contribution in [-0.4, -0.2) is 45.5 Å². The zero-order valence-corrected chi connectivity index (χ0v) is 19.8. The van der Waals surface area contributed by atoms with Crippen LogP contribution in [0.3, 0.4) is 0 Å². The summed E-state index contributed by atoms with van der Waals surface area (Å²) in [6.07, 6.45) is 2.20. The second-order valence-corrected chi connectivity index (χ2v) is 10.6. The van der Waals surface area contributed by atoms with Crippen LogP contribution in [0.4, 0.5) is 13.2 Å². The van der Waals surface area contributed by atoms with Gasteiger partial charge in [0.2, 0.25) is 5.91 Å². The van der Waals surface area contributed by atoms with Crippen molar-refractivity contribution >= 4 is 11.9 Å². The molecule has 2 heterocycles. The van der Waals surface area contributed by atoms with E-state index in [2.05, 4.69) is 24.1 Å². The molecule has 9 heteroatoms. The minimum Gasteiger partial charge on any atom is -0.481 e. The molecule has 6 nitrogen and oxygen atoms in total. The number of alkyl halides is 3. The first-order valence-corrected chi connectivity index (χ1v) is 12.3. The highest BCUT2D eigenvalue weighted by Gasteiger charge is 2.50. The van der Waals surface area contributed by atoms with E-state index in [1.54, 1.807) is 4.90 Å². The van der Waals surface area contributed by atoms with Gasteiger partial charge in [0.25, 0.3) is 0 Å². The number of aliphatic carboxylic acids is 1. The van der Waals surface area contributed by atoms with Crippen LogP contribution in [0.1, 0.15) is 75.6 Å². The molecule has 1 aliphatic heterocycles. The average Bonchev–Trinajstić information content (AvgIpc) is 3.22. The summed E-state index contributed by atoms with van der Waals surface area (Å²) in [6.45, 7) is 4.74. The molecule has 2 aliphatic carbocycles. The number of fused-ring (bicyclic) bond motifs is 1. The van der Waals surface area contributed by atoms with Crippen molar-refractivity contribution in [1.29, 1.82) is 0 Å². The highest BCUT2D eigenvalue weighted by atomic mass is 19.4. The summed E-state index contributed by atoms with van der Waals surface area (Å²) >= 11 is 0. The summed E-state index contributed by atoms with van der Waals surface area (Å²) in [7, 11) is 0. The SMILES string of the molecule is CC(C)[C@]1(C(=O)N2CCc3ncc(C(F)(F)F)cc3C2)CC[C@@H](NC2CCC(C(=O)O)CC2)C1. The maximum Gasteiger partial charge on any atom is 0.417 e. The van der Waals surface area contributed by atoms with Gasteiger partial charge in [-0.25, -0.2) is 0 Å². The monoisotopic (exact) mass is 481 g/mol. The van der Waals surface area contributed by atoms with E-state index in [0.29, 0.717) is 43.5 Å². The molecule has 2 atom stereocenters. The first-order chi connectivity index (χ1) is 16.0. The van der Waals surface area contributed by atoms with Gasteiger partial charge in [-0.2, -0.15) is 13.2 Å². The van der Waals surface area contributed by atoms with Crippen LogP contribution in [0, 0.1) is 17.3 Å². The summed E-state index contributed by atoms with van der Waals surface area (Å²) in [6, 6.07) is 1.59. The maximum absolute atomic E-state index is 13.8. The highest BCUT2D eigenvalue weighted by molar-refractivity contribution is 5.83. The molecule has 188 valence electrons. The number of nitrogens with one attached hydrogen (secondary N) is 1. The number of carboxylic acid groups (broad SMARTS) is 1. The minimum atomic E-state index is -4.46. The molecule has 0 radical (unpaired) electrons. The van der Waals surface area contributed by atoms with Gasteiger partial charge in [-0.05, 0) is 62.5 Å². The molecule has 4 rings (SSSR count). The van der Waals surface area contributed by atoms with Crippen LogP contribution in [0.2, 0.25) is 0 Å². The van der Waals surface area contributed by atoms with Crippen molar-refractivity contribution < 1.29 is 27.9 Å². The standard InChI is InChI=1S/C25H34F3N3O3/c1-15(2)24(9-7-20(12-24)30-19-5-3-16(4-6-19)22(32)33)23(34)31-10-8-21-17(14-31)11-18(13-29-21)25(26,27)28/h11,13,15-16,19-20,30H,3-10,12,14H2,1-2H3,(H,32,33)/t16?,19?,20-,24+/m1/s1. The fourth-order valence-corrected chi connectivity index (χ4v) is 6.09. The maximum atomic E-state index is 13.8. The third-order valence-electron chi connectivity index (χ3n) is 8.28. The Balaban J connectivity index is 1.43. The van der Waals surface area contributed by atoms with E-state index in [9.17, 15) is 27.9 Å². The van der Waals surface area contributed by atoms with Gasteiger partial charge in [0.15, 0.2) is 0 Å². The number of hydrogen-bond donors (Lipinski definition) is 2. The first kappa shape index (κ1) is 24.9. The molecule has 2 fully saturated rings. The van der Waals surface area contributed by atoms with Gasteiger partial charge in [-0.3, -0.25) is 14.6 Å². The van der Waals surface area contributed by atoms with Gasteiger partial charge < -0.3 is 15.3 Å². The zero-order valence-electron chi connectivity index (χ0n) is 19.8. The lowest BCUT2D eigenvalue weighted by molar-refractivity contribution is -0.146. The Morgan fingerprint density at radius 2 is 1.88 bits per heavy atom. The van der Waals surface area contributed by atoms with Crippen molar-refractivity contribution in [2.24, 2.45) is 17.3 Å². The number of aromatic nitrogens is 1. The normalized spacial score (nSPS) is 29.8. The summed E-state index contributed by atoms with van der Waals surface area (Å²) < 4.78 is 39.5. The number of rotatable bonds is 5. The molecule has 34 heavy (non-hydrogen) atoms. The number of amides is 1. The molecule has 1 amide bonds. The summed E-state index contributed by atoms with van der Waals surface area (Å²) in [5, 5.41) is 12.9. The zero-order chi connectivity index (χ0) is 24.7. The smallest absolute Gasteiger partial charge is 0.417 e. The van der Waals surface area contributed by atoms with Crippen LogP contribution < -0.4 is 5.32 Å². The quantitative estimate of drug-likeness (QED) is 0.651. The number of pyridine rings is 1.